The lowest BCUT2D eigenvalue weighted by molar-refractivity contribution is -0.117. The molecule has 2 fully saturated rings. The van der Waals surface area contributed by atoms with Crippen LogP contribution < -0.4 is 20.4 Å². The molecule has 0 aliphatic carbocycles. The first kappa shape index (κ1) is 23.5. The molecule has 0 saturated carbocycles. The summed E-state index contributed by atoms with van der Waals surface area (Å²) >= 11 is 0. The number of nitrogens with one attached hydrogen (secondary N) is 2. The normalized spacial score (nSPS) is 18.2. The van der Waals surface area contributed by atoms with E-state index in [1.165, 1.54) is 11.9 Å². The van der Waals surface area contributed by atoms with E-state index in [4.69, 9.17) is 0 Å². The first-order chi connectivity index (χ1) is 17.5. The Morgan fingerprint density at radius 1 is 1.06 bits per heavy atom. The van der Waals surface area contributed by atoms with E-state index >= 15 is 0 Å². The van der Waals surface area contributed by atoms with Crippen LogP contribution in [-0.2, 0) is 4.79 Å². The summed E-state index contributed by atoms with van der Waals surface area (Å²) in [6.07, 6.45) is 2.84. The van der Waals surface area contributed by atoms with Gasteiger partial charge in [-0.15, -0.1) is 0 Å². The summed E-state index contributed by atoms with van der Waals surface area (Å²) in [4.78, 5) is 31.9. The molecule has 2 saturated heterocycles. The third-order valence-corrected chi connectivity index (χ3v) is 6.53. The minimum atomic E-state index is 0.0685. The first-order valence-corrected chi connectivity index (χ1v) is 12.1. The molecule has 1 atom stereocenters. The van der Waals surface area contributed by atoms with Gasteiger partial charge in [-0.1, -0.05) is 6.07 Å². The number of rotatable bonds is 6. The third-order valence-electron chi connectivity index (χ3n) is 6.53. The van der Waals surface area contributed by atoms with Crippen LogP contribution in [0.25, 0.3) is 0 Å². The van der Waals surface area contributed by atoms with Crippen molar-refractivity contribution in [1.29, 1.82) is 5.26 Å². The molecule has 5 rings (SSSR count). The molecule has 3 aromatic rings. The van der Waals surface area contributed by atoms with Gasteiger partial charge in [-0.05, 0) is 56.8 Å². The molecule has 10 nitrogen and oxygen atoms in total. The summed E-state index contributed by atoms with van der Waals surface area (Å²) in [6, 6.07) is 16.2. The highest BCUT2D eigenvalue weighted by Crippen LogP contribution is 2.26. The number of anilines is 6. The van der Waals surface area contributed by atoms with Crippen LogP contribution in [0.4, 0.5) is 34.8 Å². The lowest BCUT2D eigenvalue weighted by atomic mass is 10.1. The second-order valence-electron chi connectivity index (χ2n) is 9.20. The maximum atomic E-state index is 12.1. The number of hydrogen-bond donors (Lipinski definition) is 2. The summed E-state index contributed by atoms with van der Waals surface area (Å²) in [5.41, 5.74) is 2.33. The second kappa shape index (κ2) is 10.2. The van der Waals surface area contributed by atoms with Crippen molar-refractivity contribution in [3.63, 3.8) is 0 Å². The average Bonchev–Trinajstić information content (AvgIpc) is 3.31. The summed E-state index contributed by atoms with van der Waals surface area (Å²) in [5, 5.41) is 15.9. The molecular formula is C26H29N9O. The molecule has 36 heavy (non-hydrogen) atoms. The Morgan fingerprint density at radius 3 is 2.61 bits per heavy atom. The number of nitrogens with zero attached hydrogens (tertiary/aromatic N) is 7. The predicted octanol–water partition coefficient (Wildman–Crippen LogP) is 3.50. The quantitative estimate of drug-likeness (QED) is 0.544. The highest BCUT2D eigenvalue weighted by atomic mass is 16.2. The van der Waals surface area contributed by atoms with Crippen molar-refractivity contribution in [2.75, 3.05) is 53.7 Å². The number of nitriles is 1. The monoisotopic (exact) mass is 483 g/mol. The fourth-order valence-corrected chi connectivity index (χ4v) is 4.66. The molecule has 2 aromatic heterocycles. The van der Waals surface area contributed by atoms with Crippen LogP contribution in [0.3, 0.4) is 0 Å². The van der Waals surface area contributed by atoms with Crippen molar-refractivity contribution < 1.29 is 4.79 Å². The number of piperazine rings is 1. The Labute approximate surface area is 210 Å². The molecule has 2 N–H and O–H groups in total. The number of hydrogen-bond acceptors (Lipinski definition) is 9. The van der Waals surface area contributed by atoms with Crippen molar-refractivity contribution >= 4 is 40.7 Å². The van der Waals surface area contributed by atoms with Crippen molar-refractivity contribution in [3.8, 4) is 6.07 Å². The molecule has 2 aliphatic heterocycles. The van der Waals surface area contributed by atoms with Crippen LogP contribution >= 0.6 is 0 Å². The molecule has 0 radical (unpaired) electrons. The Morgan fingerprint density at radius 2 is 1.89 bits per heavy atom. The van der Waals surface area contributed by atoms with E-state index in [1.807, 2.05) is 18.2 Å². The van der Waals surface area contributed by atoms with E-state index in [9.17, 15) is 10.1 Å². The second-order valence-corrected chi connectivity index (χ2v) is 9.20. The number of carbonyl (C=O) groups is 1. The van der Waals surface area contributed by atoms with Gasteiger partial charge in [0.15, 0.2) is 5.82 Å². The molecule has 4 heterocycles. The highest BCUT2D eigenvalue weighted by molar-refractivity contribution is 5.94. The summed E-state index contributed by atoms with van der Waals surface area (Å²) in [7, 11) is 2.16. The zero-order chi connectivity index (χ0) is 25.1. The lowest BCUT2D eigenvalue weighted by Gasteiger charge is -2.39. The highest BCUT2D eigenvalue weighted by Gasteiger charge is 2.23. The van der Waals surface area contributed by atoms with Gasteiger partial charge in [-0.3, -0.25) is 9.69 Å². The fourth-order valence-electron chi connectivity index (χ4n) is 4.66. The van der Waals surface area contributed by atoms with Crippen LogP contribution in [0.2, 0.25) is 0 Å². The van der Waals surface area contributed by atoms with Crippen LogP contribution in [0.5, 0.6) is 0 Å². The van der Waals surface area contributed by atoms with Gasteiger partial charge in [0.25, 0.3) is 0 Å². The predicted molar refractivity (Wildman–Crippen MR) is 140 cm³/mol. The average molecular weight is 484 g/mol. The largest absolute Gasteiger partial charge is 0.366 e. The number of pyridine rings is 1. The topological polar surface area (TPSA) is 113 Å². The van der Waals surface area contributed by atoms with Gasteiger partial charge in [-0.25, -0.2) is 9.97 Å². The van der Waals surface area contributed by atoms with E-state index in [0.29, 0.717) is 48.0 Å². The van der Waals surface area contributed by atoms with Gasteiger partial charge < -0.3 is 20.4 Å². The minimum Gasteiger partial charge on any atom is -0.366 e. The van der Waals surface area contributed by atoms with Crippen LogP contribution in [0, 0.1) is 11.3 Å². The minimum absolute atomic E-state index is 0.0685. The number of likely N-dealkylation sites (N-methyl/N-ethyl adjacent to an activating group) is 1. The Kier molecular flexibility index (Phi) is 6.64. The Balaban J connectivity index is 1.31. The van der Waals surface area contributed by atoms with Crippen LogP contribution in [0.1, 0.15) is 25.3 Å². The van der Waals surface area contributed by atoms with E-state index in [2.05, 4.69) is 67.6 Å². The van der Waals surface area contributed by atoms with Gasteiger partial charge in [0, 0.05) is 50.0 Å². The van der Waals surface area contributed by atoms with Crippen molar-refractivity contribution in [2.24, 2.45) is 0 Å². The Hall–Kier alpha value is -4.23. The summed E-state index contributed by atoms with van der Waals surface area (Å²) in [6.45, 7) is 5.99. The molecule has 2 aliphatic rings. The molecule has 10 heteroatoms. The molecule has 0 spiro atoms. The molecule has 1 amide bonds. The standard InChI is InChI=1S/C26H29N9O/c1-18-17-33(2)13-14-34(18)21-10-8-20(9-11-21)29-26-28-16-19(15-27)25(32-26)31-22-5-3-6-23(30-22)35-12-4-7-24(35)36/h3,5-6,8-11,16,18H,4,7,12-14,17H2,1-2H3,(H2,28,29,30,31,32)/t18-/m0/s1. The zero-order valence-corrected chi connectivity index (χ0v) is 20.5. The summed E-state index contributed by atoms with van der Waals surface area (Å²) < 4.78 is 0. The van der Waals surface area contributed by atoms with E-state index < -0.39 is 0 Å². The number of carbonyl (C=O) groups excluding carboxylic acids is 1. The molecule has 184 valence electrons. The van der Waals surface area contributed by atoms with Crippen LogP contribution in [0.15, 0.2) is 48.7 Å². The smallest absolute Gasteiger partial charge is 0.229 e. The number of benzene rings is 1. The molecule has 1 aromatic carbocycles. The van der Waals surface area contributed by atoms with Crippen molar-refractivity contribution in [1.82, 2.24) is 19.9 Å². The first-order valence-electron chi connectivity index (χ1n) is 12.1. The molecule has 0 bridgehead atoms. The number of aromatic nitrogens is 3. The fraction of sp³-hybridized carbons (Fsp3) is 0.346. The van der Waals surface area contributed by atoms with Crippen molar-refractivity contribution in [3.05, 3.63) is 54.2 Å². The summed E-state index contributed by atoms with van der Waals surface area (Å²) in [5.74, 6) is 1.86. The van der Waals surface area contributed by atoms with Gasteiger partial charge >= 0.3 is 0 Å². The molecule has 0 unspecified atom stereocenters. The van der Waals surface area contributed by atoms with Gasteiger partial charge in [-0.2, -0.15) is 10.2 Å². The van der Waals surface area contributed by atoms with Crippen LogP contribution in [-0.4, -0.2) is 65.0 Å². The van der Waals surface area contributed by atoms with E-state index in [1.54, 1.807) is 17.0 Å². The van der Waals surface area contributed by atoms with Gasteiger partial charge in [0.1, 0.15) is 23.3 Å². The number of amides is 1. The lowest BCUT2D eigenvalue weighted by Crippen LogP contribution is -2.50. The van der Waals surface area contributed by atoms with E-state index in [-0.39, 0.29) is 5.91 Å². The zero-order valence-electron chi connectivity index (χ0n) is 20.5. The molecular weight excluding hydrogens is 454 g/mol. The maximum absolute atomic E-state index is 12.1. The maximum Gasteiger partial charge on any atom is 0.229 e. The third kappa shape index (κ3) is 5.06. The van der Waals surface area contributed by atoms with Crippen molar-refractivity contribution in [2.45, 2.75) is 25.8 Å². The van der Waals surface area contributed by atoms with Gasteiger partial charge in [0.05, 0.1) is 6.20 Å². The Bertz CT molecular complexity index is 1290. The van der Waals surface area contributed by atoms with Gasteiger partial charge in [0.2, 0.25) is 11.9 Å². The van der Waals surface area contributed by atoms with E-state index in [0.717, 1.165) is 31.7 Å². The SMILES string of the molecule is C[C@H]1CN(C)CCN1c1ccc(Nc2ncc(C#N)c(Nc3cccc(N4CCCC4=O)n3)n2)cc1.